The van der Waals surface area contributed by atoms with Gasteiger partial charge in [0.25, 0.3) is 0 Å². The number of nitrogens with one attached hydrogen (secondary N) is 1. The fraction of sp³-hybridized carbons (Fsp3) is 0.500. The van der Waals surface area contributed by atoms with Crippen molar-refractivity contribution >= 4 is 32.0 Å². The van der Waals surface area contributed by atoms with Crippen LogP contribution >= 0.6 is 12.2 Å². The quantitative estimate of drug-likeness (QED) is 0.447. The molecule has 0 fully saturated rings. The van der Waals surface area contributed by atoms with Crippen molar-refractivity contribution in [3.05, 3.63) is 35.9 Å². The topological polar surface area (TPSA) is 47.6 Å². The first-order chi connectivity index (χ1) is 10.2. The number of rotatable bonds is 8. The summed E-state index contributed by atoms with van der Waals surface area (Å²) < 4.78 is 11.5. The van der Waals surface area contributed by atoms with E-state index in [1.807, 2.05) is 44.2 Å². The van der Waals surface area contributed by atoms with Crippen molar-refractivity contribution in [2.75, 3.05) is 0 Å². The summed E-state index contributed by atoms with van der Waals surface area (Å²) >= 11 is 4.85. The van der Waals surface area contributed by atoms with Crippen molar-refractivity contribution in [1.29, 1.82) is 0 Å². The number of hydrogen-bond donors (Lipinski definition) is 1. The van der Waals surface area contributed by atoms with Crippen LogP contribution in [0.4, 0.5) is 0 Å². The Balaban J connectivity index is 2.76. The zero-order valence-corrected chi connectivity index (χ0v) is 15.7. The SMILES string of the molecule is CC(C)(O[Si](C)(C)C)C(NC=S)C(=O)OCc1ccccc1. The molecule has 1 N–H and O–H groups in total. The van der Waals surface area contributed by atoms with Gasteiger partial charge in [-0.15, -0.1) is 0 Å². The first-order valence-electron chi connectivity index (χ1n) is 7.26. The molecule has 1 unspecified atom stereocenters. The van der Waals surface area contributed by atoms with Gasteiger partial charge in [0.2, 0.25) is 0 Å². The molecule has 0 aromatic heterocycles. The molecule has 0 saturated heterocycles. The van der Waals surface area contributed by atoms with Crippen molar-refractivity contribution in [2.45, 2.75) is 51.7 Å². The predicted octanol–water partition coefficient (Wildman–Crippen LogP) is 3.28. The third-order valence-corrected chi connectivity index (χ3v) is 4.23. The molecule has 0 radical (unpaired) electrons. The molecule has 0 aliphatic rings. The van der Waals surface area contributed by atoms with Crippen LogP contribution in [0.3, 0.4) is 0 Å². The van der Waals surface area contributed by atoms with Crippen molar-refractivity contribution in [3.63, 3.8) is 0 Å². The summed E-state index contributed by atoms with van der Waals surface area (Å²) in [7, 11) is -1.81. The summed E-state index contributed by atoms with van der Waals surface area (Å²) in [6.45, 7) is 10.2. The van der Waals surface area contributed by atoms with Crippen LogP contribution in [-0.4, -0.2) is 31.4 Å². The molecular formula is C16H25NO3SSi. The molecule has 0 aliphatic carbocycles. The van der Waals surface area contributed by atoms with E-state index in [0.717, 1.165) is 5.56 Å². The lowest BCUT2D eigenvalue weighted by molar-refractivity contribution is -0.152. The van der Waals surface area contributed by atoms with Crippen molar-refractivity contribution < 1.29 is 14.0 Å². The number of carbonyl (C=O) groups excluding carboxylic acids is 1. The van der Waals surface area contributed by atoms with E-state index in [1.165, 1.54) is 5.49 Å². The zero-order valence-electron chi connectivity index (χ0n) is 13.9. The number of esters is 1. The Morgan fingerprint density at radius 3 is 2.41 bits per heavy atom. The van der Waals surface area contributed by atoms with Gasteiger partial charge >= 0.3 is 5.97 Å². The Morgan fingerprint density at radius 2 is 1.91 bits per heavy atom. The Hall–Kier alpha value is -1.24. The highest BCUT2D eigenvalue weighted by Gasteiger charge is 2.40. The maximum absolute atomic E-state index is 12.4. The maximum Gasteiger partial charge on any atom is 0.331 e. The van der Waals surface area contributed by atoms with Gasteiger partial charge in [-0.2, -0.15) is 0 Å². The minimum Gasteiger partial charge on any atom is -0.459 e. The lowest BCUT2D eigenvalue weighted by Gasteiger charge is -2.38. The highest BCUT2D eigenvalue weighted by molar-refractivity contribution is 7.78. The first-order valence-corrected chi connectivity index (χ1v) is 11.1. The molecule has 0 amide bonds. The van der Waals surface area contributed by atoms with Gasteiger partial charge < -0.3 is 14.5 Å². The number of thiocarbonyl (C=S) groups is 1. The van der Waals surface area contributed by atoms with Crippen LogP contribution < -0.4 is 5.32 Å². The monoisotopic (exact) mass is 339 g/mol. The summed E-state index contributed by atoms with van der Waals surface area (Å²) in [4.78, 5) is 12.4. The normalized spacial score (nSPS) is 13.3. The lowest BCUT2D eigenvalue weighted by Crippen LogP contribution is -2.56. The molecular weight excluding hydrogens is 314 g/mol. The average molecular weight is 340 g/mol. The van der Waals surface area contributed by atoms with Crippen molar-refractivity contribution in [3.8, 4) is 0 Å². The van der Waals surface area contributed by atoms with E-state index in [9.17, 15) is 4.79 Å². The maximum atomic E-state index is 12.4. The second-order valence-corrected chi connectivity index (χ2v) is 11.3. The van der Waals surface area contributed by atoms with Gasteiger partial charge in [0, 0.05) is 0 Å². The Morgan fingerprint density at radius 1 is 1.32 bits per heavy atom. The minimum absolute atomic E-state index is 0.234. The first kappa shape index (κ1) is 18.8. The molecule has 6 heteroatoms. The highest BCUT2D eigenvalue weighted by atomic mass is 32.1. The van der Waals surface area contributed by atoms with Crippen LogP contribution in [0.15, 0.2) is 30.3 Å². The number of benzene rings is 1. The van der Waals surface area contributed by atoms with Gasteiger partial charge in [-0.25, -0.2) is 4.79 Å². The van der Waals surface area contributed by atoms with E-state index in [-0.39, 0.29) is 12.6 Å². The molecule has 0 spiro atoms. The third-order valence-electron chi connectivity index (χ3n) is 2.96. The summed E-state index contributed by atoms with van der Waals surface area (Å²) in [5.74, 6) is -0.367. The largest absolute Gasteiger partial charge is 0.459 e. The van der Waals surface area contributed by atoms with Gasteiger partial charge in [-0.1, -0.05) is 42.5 Å². The van der Waals surface area contributed by atoms with Gasteiger partial charge in [0.05, 0.1) is 11.1 Å². The van der Waals surface area contributed by atoms with Gasteiger partial charge in [-0.3, -0.25) is 0 Å². The molecule has 1 aromatic rings. The number of carbonyl (C=O) groups is 1. The van der Waals surface area contributed by atoms with Gasteiger partial charge in [0.15, 0.2) is 14.4 Å². The standard InChI is InChI=1S/C16H25NO3SSi/c1-16(2,20-22(3,4)5)14(17-12-21)15(18)19-11-13-9-7-6-8-10-13/h6-10,12,14H,11H2,1-5H3,(H,17,21). The Kier molecular flexibility index (Phi) is 6.71. The summed E-state index contributed by atoms with van der Waals surface area (Å²) in [6, 6.07) is 8.94. The zero-order chi connectivity index (χ0) is 16.8. The second-order valence-electron chi connectivity index (χ2n) is 6.63. The third kappa shape index (κ3) is 6.25. The van der Waals surface area contributed by atoms with Crippen LogP contribution in [0.25, 0.3) is 0 Å². The highest BCUT2D eigenvalue weighted by Crippen LogP contribution is 2.22. The predicted molar refractivity (Wildman–Crippen MR) is 95.3 cm³/mol. The minimum atomic E-state index is -1.81. The lowest BCUT2D eigenvalue weighted by atomic mass is 9.99. The van der Waals surface area contributed by atoms with E-state index in [4.69, 9.17) is 21.4 Å². The molecule has 0 saturated carbocycles. The number of ether oxygens (including phenoxy) is 1. The molecule has 1 aromatic carbocycles. The average Bonchev–Trinajstić information content (AvgIpc) is 2.40. The molecule has 1 rings (SSSR count). The summed E-state index contributed by atoms with van der Waals surface area (Å²) in [5, 5.41) is 2.89. The van der Waals surface area contributed by atoms with E-state index >= 15 is 0 Å². The van der Waals surface area contributed by atoms with Crippen LogP contribution in [0, 0.1) is 0 Å². The molecule has 0 bridgehead atoms. The van der Waals surface area contributed by atoms with Crippen LogP contribution in [0.2, 0.25) is 19.6 Å². The van der Waals surface area contributed by atoms with Gasteiger partial charge in [-0.05, 0) is 39.1 Å². The fourth-order valence-corrected chi connectivity index (χ4v) is 4.11. The molecule has 122 valence electrons. The second kappa shape index (κ2) is 7.85. The van der Waals surface area contributed by atoms with Crippen molar-refractivity contribution in [1.82, 2.24) is 5.32 Å². The number of hydrogen-bond acceptors (Lipinski definition) is 4. The smallest absolute Gasteiger partial charge is 0.331 e. The summed E-state index contributed by atoms with van der Waals surface area (Å²) in [6.07, 6.45) is 0. The van der Waals surface area contributed by atoms with E-state index in [1.54, 1.807) is 0 Å². The van der Waals surface area contributed by atoms with Crippen molar-refractivity contribution in [2.24, 2.45) is 0 Å². The van der Waals surface area contributed by atoms with E-state index in [2.05, 4.69) is 25.0 Å². The molecule has 22 heavy (non-hydrogen) atoms. The van der Waals surface area contributed by atoms with E-state index < -0.39 is 20.0 Å². The molecule has 0 heterocycles. The van der Waals surface area contributed by atoms with E-state index in [0.29, 0.717) is 0 Å². The van der Waals surface area contributed by atoms with Crippen LogP contribution in [0.5, 0.6) is 0 Å². The fourth-order valence-electron chi connectivity index (χ4n) is 2.28. The Bertz CT molecular complexity index is 500. The van der Waals surface area contributed by atoms with Gasteiger partial charge in [0.1, 0.15) is 6.61 Å². The summed E-state index contributed by atoms with van der Waals surface area (Å²) in [5.41, 5.74) is 1.58. The Labute approximate surface area is 139 Å². The van der Waals surface area contributed by atoms with Crippen LogP contribution in [0.1, 0.15) is 19.4 Å². The molecule has 4 nitrogen and oxygen atoms in total. The molecule has 0 aliphatic heterocycles. The molecule has 1 atom stereocenters. The van der Waals surface area contributed by atoms with Crippen LogP contribution in [-0.2, 0) is 20.6 Å².